The minimum absolute atomic E-state index is 0.316. The van der Waals surface area contributed by atoms with Gasteiger partial charge in [0.25, 0.3) is 0 Å². The molecule has 1 fully saturated rings. The summed E-state index contributed by atoms with van der Waals surface area (Å²) in [5, 5.41) is 9.71. The van der Waals surface area contributed by atoms with E-state index in [-0.39, 0.29) is 0 Å². The van der Waals surface area contributed by atoms with Crippen LogP contribution in [0.1, 0.15) is 27.2 Å². The van der Waals surface area contributed by atoms with E-state index < -0.39 is 5.60 Å². The van der Waals surface area contributed by atoms with E-state index in [2.05, 4.69) is 9.80 Å². The smallest absolute Gasteiger partial charge is 0.146 e. The number of hydrogen-bond donors (Lipinski definition) is 1. The molecule has 0 spiro atoms. The Bertz CT molecular complexity index is 228. The average Bonchev–Trinajstić information content (AvgIpc) is 2.18. The molecule has 0 aromatic heterocycles. The highest BCUT2D eigenvalue weighted by Crippen LogP contribution is 2.08. The second kappa shape index (κ2) is 5.75. The van der Waals surface area contributed by atoms with Gasteiger partial charge in [0.05, 0.1) is 12.1 Å². The number of carbonyl (C=O) groups is 1. The lowest BCUT2D eigenvalue weighted by Crippen LogP contribution is -2.51. The summed E-state index contributed by atoms with van der Waals surface area (Å²) >= 11 is 0. The first kappa shape index (κ1) is 13.6. The molecule has 0 amide bonds. The average molecular weight is 228 g/mol. The first-order valence-electron chi connectivity index (χ1n) is 6.09. The monoisotopic (exact) mass is 228 g/mol. The number of hydrogen-bond acceptors (Lipinski definition) is 4. The van der Waals surface area contributed by atoms with E-state index in [1.54, 1.807) is 0 Å². The highest BCUT2D eigenvalue weighted by Gasteiger charge is 2.23. The van der Waals surface area contributed by atoms with Gasteiger partial charge >= 0.3 is 0 Å². The lowest BCUT2D eigenvalue weighted by atomic mass is 10.1. The molecule has 1 rings (SSSR count). The molecule has 4 heteroatoms. The summed E-state index contributed by atoms with van der Waals surface area (Å²) in [6, 6.07) is 0. The summed E-state index contributed by atoms with van der Waals surface area (Å²) in [5.41, 5.74) is -0.624. The van der Waals surface area contributed by atoms with Crippen molar-refractivity contribution < 1.29 is 9.90 Å². The number of Topliss-reactive ketones (excluding diaryl/α,β-unsaturated/α-hetero) is 1. The molecule has 0 aromatic carbocycles. The SMILES string of the molecule is CCC(=O)CN1CCN(CC(C)(C)O)CC1. The third kappa shape index (κ3) is 5.05. The normalized spacial score (nSPS) is 20.0. The fraction of sp³-hybridized carbons (Fsp3) is 0.917. The standard InChI is InChI=1S/C12H24N2O2/c1-4-11(15)9-13-5-7-14(8-6-13)10-12(2,3)16/h16H,4-10H2,1-3H3. The molecule has 4 nitrogen and oxygen atoms in total. The van der Waals surface area contributed by atoms with Gasteiger partial charge < -0.3 is 5.11 Å². The summed E-state index contributed by atoms with van der Waals surface area (Å²) < 4.78 is 0. The highest BCUT2D eigenvalue weighted by molar-refractivity contribution is 5.80. The molecule has 0 bridgehead atoms. The van der Waals surface area contributed by atoms with Crippen molar-refractivity contribution in [1.29, 1.82) is 0 Å². The molecular weight excluding hydrogens is 204 g/mol. The van der Waals surface area contributed by atoms with E-state index in [0.29, 0.717) is 25.3 Å². The fourth-order valence-electron chi connectivity index (χ4n) is 2.01. The van der Waals surface area contributed by atoms with Crippen molar-refractivity contribution in [2.24, 2.45) is 0 Å². The first-order valence-corrected chi connectivity index (χ1v) is 6.09. The van der Waals surface area contributed by atoms with Gasteiger partial charge in [0, 0.05) is 39.1 Å². The summed E-state index contributed by atoms with van der Waals surface area (Å²) in [7, 11) is 0. The number of rotatable bonds is 5. The topological polar surface area (TPSA) is 43.8 Å². The molecule has 1 N–H and O–H groups in total. The largest absolute Gasteiger partial charge is 0.389 e. The molecule has 0 radical (unpaired) electrons. The van der Waals surface area contributed by atoms with Crippen LogP contribution in [0.4, 0.5) is 0 Å². The van der Waals surface area contributed by atoms with E-state index in [4.69, 9.17) is 0 Å². The molecular formula is C12H24N2O2. The van der Waals surface area contributed by atoms with Crippen LogP contribution in [0.15, 0.2) is 0 Å². The van der Waals surface area contributed by atoms with Crippen molar-refractivity contribution in [3.05, 3.63) is 0 Å². The van der Waals surface area contributed by atoms with Gasteiger partial charge in [-0.3, -0.25) is 14.6 Å². The second-order valence-electron chi connectivity index (χ2n) is 5.26. The Labute approximate surface area is 98.2 Å². The van der Waals surface area contributed by atoms with Crippen molar-refractivity contribution in [2.45, 2.75) is 32.8 Å². The molecule has 1 aliphatic rings. The Kier molecular flexibility index (Phi) is 4.89. The molecule has 0 aliphatic carbocycles. The molecule has 0 unspecified atom stereocenters. The van der Waals surface area contributed by atoms with Crippen LogP contribution in [0.2, 0.25) is 0 Å². The van der Waals surface area contributed by atoms with Gasteiger partial charge in [-0.1, -0.05) is 6.92 Å². The zero-order valence-electron chi connectivity index (χ0n) is 10.7. The van der Waals surface area contributed by atoms with Crippen molar-refractivity contribution in [3.63, 3.8) is 0 Å². The van der Waals surface area contributed by atoms with Gasteiger partial charge in [-0.05, 0) is 13.8 Å². The van der Waals surface area contributed by atoms with Gasteiger partial charge in [0.15, 0.2) is 0 Å². The maximum Gasteiger partial charge on any atom is 0.146 e. The Hall–Kier alpha value is -0.450. The molecule has 1 aliphatic heterocycles. The summed E-state index contributed by atoms with van der Waals surface area (Å²) in [4.78, 5) is 15.8. The van der Waals surface area contributed by atoms with Gasteiger partial charge in [0.2, 0.25) is 0 Å². The van der Waals surface area contributed by atoms with Crippen LogP contribution < -0.4 is 0 Å². The molecule has 1 heterocycles. The fourth-order valence-corrected chi connectivity index (χ4v) is 2.01. The highest BCUT2D eigenvalue weighted by atomic mass is 16.3. The second-order valence-corrected chi connectivity index (χ2v) is 5.26. The molecule has 94 valence electrons. The van der Waals surface area contributed by atoms with E-state index >= 15 is 0 Å². The van der Waals surface area contributed by atoms with Crippen LogP contribution in [-0.2, 0) is 4.79 Å². The van der Waals surface area contributed by atoms with Crippen LogP contribution in [-0.4, -0.2) is 65.6 Å². The van der Waals surface area contributed by atoms with Crippen LogP contribution in [0.3, 0.4) is 0 Å². The number of nitrogens with zero attached hydrogens (tertiary/aromatic N) is 2. The number of carbonyl (C=O) groups excluding carboxylic acids is 1. The van der Waals surface area contributed by atoms with Crippen molar-refractivity contribution in [1.82, 2.24) is 9.80 Å². The molecule has 16 heavy (non-hydrogen) atoms. The lowest BCUT2D eigenvalue weighted by molar-refractivity contribution is -0.120. The van der Waals surface area contributed by atoms with Crippen LogP contribution in [0, 0.1) is 0 Å². The van der Waals surface area contributed by atoms with E-state index in [1.165, 1.54) is 0 Å². The minimum Gasteiger partial charge on any atom is -0.389 e. The summed E-state index contributed by atoms with van der Waals surface area (Å²) in [6.07, 6.45) is 0.629. The zero-order chi connectivity index (χ0) is 12.2. The number of aliphatic hydroxyl groups is 1. The van der Waals surface area contributed by atoms with E-state index in [9.17, 15) is 9.90 Å². The van der Waals surface area contributed by atoms with Gasteiger partial charge in [-0.15, -0.1) is 0 Å². The first-order chi connectivity index (χ1) is 7.40. The number of β-amino-alcohol motifs (C(OH)–C–C–N with tert-alkyl or cyclic N) is 1. The molecule has 1 saturated heterocycles. The van der Waals surface area contributed by atoms with Crippen molar-refractivity contribution >= 4 is 5.78 Å². The molecule has 0 saturated carbocycles. The van der Waals surface area contributed by atoms with Crippen molar-refractivity contribution in [3.8, 4) is 0 Å². The predicted molar refractivity (Wildman–Crippen MR) is 64.5 cm³/mol. The Morgan fingerprint density at radius 2 is 1.69 bits per heavy atom. The maximum atomic E-state index is 11.3. The Morgan fingerprint density at radius 1 is 1.19 bits per heavy atom. The van der Waals surface area contributed by atoms with Gasteiger partial charge in [-0.2, -0.15) is 0 Å². The van der Waals surface area contributed by atoms with Gasteiger partial charge in [0.1, 0.15) is 5.78 Å². The van der Waals surface area contributed by atoms with Gasteiger partial charge in [-0.25, -0.2) is 0 Å². The van der Waals surface area contributed by atoms with Crippen LogP contribution in [0.5, 0.6) is 0 Å². The Morgan fingerprint density at radius 3 is 2.12 bits per heavy atom. The third-order valence-corrected chi connectivity index (χ3v) is 2.87. The molecule has 0 aromatic rings. The van der Waals surface area contributed by atoms with E-state index in [0.717, 1.165) is 26.2 Å². The third-order valence-electron chi connectivity index (χ3n) is 2.87. The number of ketones is 1. The van der Waals surface area contributed by atoms with Crippen LogP contribution in [0.25, 0.3) is 0 Å². The Balaban J connectivity index is 2.26. The molecule has 0 atom stereocenters. The maximum absolute atomic E-state index is 11.3. The summed E-state index contributed by atoms with van der Waals surface area (Å²) in [6.45, 7) is 10.6. The minimum atomic E-state index is -0.624. The lowest BCUT2D eigenvalue weighted by Gasteiger charge is -2.36. The zero-order valence-corrected chi connectivity index (χ0v) is 10.7. The van der Waals surface area contributed by atoms with E-state index in [1.807, 2.05) is 20.8 Å². The quantitative estimate of drug-likeness (QED) is 0.737. The van der Waals surface area contributed by atoms with Crippen LogP contribution >= 0.6 is 0 Å². The van der Waals surface area contributed by atoms with Crippen molar-refractivity contribution in [2.75, 3.05) is 39.3 Å². The predicted octanol–water partition coefficient (Wildman–Crippen LogP) is 0.354. The summed E-state index contributed by atoms with van der Waals surface area (Å²) in [5.74, 6) is 0.316. The number of piperazine rings is 1.